The van der Waals surface area contributed by atoms with E-state index in [-0.39, 0.29) is 11.7 Å². The number of oxazole rings is 1. The standard InChI is InChI=1S/C9H12N2O3/c1-11-4-2-3-6(11)8-7(9(12)13)10-5-14-8/h5-6H,2-4H2,1H3,(H,12,13). The van der Waals surface area contributed by atoms with Gasteiger partial charge in [-0.15, -0.1) is 0 Å². The maximum absolute atomic E-state index is 10.8. The van der Waals surface area contributed by atoms with Crippen molar-refractivity contribution in [1.29, 1.82) is 0 Å². The van der Waals surface area contributed by atoms with Crippen LogP contribution in [0.4, 0.5) is 0 Å². The van der Waals surface area contributed by atoms with Crippen LogP contribution >= 0.6 is 0 Å². The highest BCUT2D eigenvalue weighted by molar-refractivity contribution is 5.86. The van der Waals surface area contributed by atoms with Crippen molar-refractivity contribution in [3.05, 3.63) is 17.8 Å². The van der Waals surface area contributed by atoms with Crippen LogP contribution in [-0.2, 0) is 0 Å². The number of likely N-dealkylation sites (tertiary alicyclic amines) is 1. The van der Waals surface area contributed by atoms with Crippen molar-refractivity contribution in [1.82, 2.24) is 9.88 Å². The third-order valence-corrected chi connectivity index (χ3v) is 2.62. The van der Waals surface area contributed by atoms with Gasteiger partial charge in [-0.2, -0.15) is 0 Å². The first-order valence-corrected chi connectivity index (χ1v) is 4.57. The normalized spacial score (nSPS) is 22.8. The topological polar surface area (TPSA) is 66.6 Å². The van der Waals surface area contributed by atoms with Crippen LogP contribution in [0.3, 0.4) is 0 Å². The molecule has 0 aromatic carbocycles. The smallest absolute Gasteiger partial charge is 0.358 e. The van der Waals surface area contributed by atoms with E-state index in [0.29, 0.717) is 5.76 Å². The summed E-state index contributed by atoms with van der Waals surface area (Å²) in [4.78, 5) is 16.6. The van der Waals surface area contributed by atoms with Crippen molar-refractivity contribution in [3.63, 3.8) is 0 Å². The molecule has 1 saturated heterocycles. The molecule has 1 aromatic heterocycles. The van der Waals surface area contributed by atoms with Gasteiger partial charge < -0.3 is 9.52 Å². The maximum atomic E-state index is 10.8. The van der Waals surface area contributed by atoms with Gasteiger partial charge in [0.05, 0.1) is 6.04 Å². The van der Waals surface area contributed by atoms with Crippen molar-refractivity contribution in [2.24, 2.45) is 0 Å². The van der Waals surface area contributed by atoms with E-state index in [1.54, 1.807) is 0 Å². The van der Waals surface area contributed by atoms with E-state index in [4.69, 9.17) is 9.52 Å². The Balaban J connectivity index is 2.31. The molecule has 0 amide bonds. The number of aromatic nitrogens is 1. The van der Waals surface area contributed by atoms with E-state index in [2.05, 4.69) is 9.88 Å². The van der Waals surface area contributed by atoms with E-state index in [9.17, 15) is 4.79 Å². The lowest BCUT2D eigenvalue weighted by molar-refractivity contribution is 0.0686. The van der Waals surface area contributed by atoms with Gasteiger partial charge in [-0.25, -0.2) is 9.78 Å². The van der Waals surface area contributed by atoms with E-state index >= 15 is 0 Å². The second-order valence-corrected chi connectivity index (χ2v) is 3.51. The van der Waals surface area contributed by atoms with Gasteiger partial charge >= 0.3 is 5.97 Å². The van der Waals surface area contributed by atoms with E-state index in [1.807, 2.05) is 7.05 Å². The molecule has 1 fully saturated rings. The highest BCUT2D eigenvalue weighted by atomic mass is 16.4. The Kier molecular flexibility index (Phi) is 2.25. The first kappa shape index (κ1) is 9.21. The number of carboxylic acid groups (broad SMARTS) is 1. The van der Waals surface area contributed by atoms with Crippen LogP contribution in [0, 0.1) is 0 Å². The molecular weight excluding hydrogens is 184 g/mol. The summed E-state index contributed by atoms with van der Waals surface area (Å²) in [5.74, 6) is -0.536. The minimum Gasteiger partial charge on any atom is -0.476 e. The summed E-state index contributed by atoms with van der Waals surface area (Å²) in [6.07, 6.45) is 3.21. The van der Waals surface area contributed by atoms with Crippen molar-refractivity contribution < 1.29 is 14.3 Å². The molecule has 5 nitrogen and oxygen atoms in total. The number of aromatic carboxylic acids is 1. The van der Waals surface area contributed by atoms with E-state index in [1.165, 1.54) is 6.39 Å². The van der Waals surface area contributed by atoms with Crippen LogP contribution in [-0.4, -0.2) is 34.6 Å². The average Bonchev–Trinajstić information content (AvgIpc) is 2.70. The van der Waals surface area contributed by atoms with Crippen molar-refractivity contribution in [3.8, 4) is 0 Å². The maximum Gasteiger partial charge on any atom is 0.358 e. The molecule has 2 rings (SSSR count). The predicted molar refractivity (Wildman–Crippen MR) is 48.1 cm³/mol. The molecule has 1 aliphatic rings. The summed E-state index contributed by atoms with van der Waals surface area (Å²) in [6, 6.07) is 0.0728. The molecule has 1 aromatic rings. The summed E-state index contributed by atoms with van der Waals surface area (Å²) in [5, 5.41) is 8.86. The Bertz CT molecular complexity index is 348. The molecule has 0 bridgehead atoms. The molecule has 0 aliphatic carbocycles. The lowest BCUT2D eigenvalue weighted by Crippen LogP contribution is -2.19. The van der Waals surface area contributed by atoms with Gasteiger partial charge in [0.2, 0.25) is 0 Å². The summed E-state index contributed by atoms with van der Waals surface area (Å²) in [6.45, 7) is 0.977. The fourth-order valence-electron chi connectivity index (χ4n) is 1.89. The number of carboxylic acids is 1. The van der Waals surface area contributed by atoms with Crippen LogP contribution in [0.2, 0.25) is 0 Å². The Labute approximate surface area is 81.3 Å². The lowest BCUT2D eigenvalue weighted by Gasteiger charge is -2.16. The fraction of sp³-hybridized carbons (Fsp3) is 0.556. The zero-order valence-electron chi connectivity index (χ0n) is 7.93. The molecule has 0 radical (unpaired) electrons. The zero-order chi connectivity index (χ0) is 10.1. The third kappa shape index (κ3) is 1.39. The Morgan fingerprint density at radius 2 is 2.57 bits per heavy atom. The Hall–Kier alpha value is -1.36. The van der Waals surface area contributed by atoms with Gasteiger partial charge in [-0.1, -0.05) is 0 Å². The summed E-state index contributed by atoms with van der Waals surface area (Å²) in [7, 11) is 1.96. The molecule has 0 spiro atoms. The summed E-state index contributed by atoms with van der Waals surface area (Å²) < 4.78 is 5.15. The van der Waals surface area contributed by atoms with E-state index in [0.717, 1.165) is 19.4 Å². The van der Waals surface area contributed by atoms with Crippen molar-refractivity contribution in [2.75, 3.05) is 13.6 Å². The van der Waals surface area contributed by atoms with Crippen LogP contribution in [0.5, 0.6) is 0 Å². The number of rotatable bonds is 2. The second kappa shape index (κ2) is 3.42. The van der Waals surface area contributed by atoms with Gasteiger partial charge in [-0.3, -0.25) is 4.90 Å². The summed E-state index contributed by atoms with van der Waals surface area (Å²) >= 11 is 0. The van der Waals surface area contributed by atoms with Gasteiger partial charge in [0.15, 0.2) is 17.8 Å². The second-order valence-electron chi connectivity index (χ2n) is 3.51. The number of hydrogen-bond acceptors (Lipinski definition) is 4. The SMILES string of the molecule is CN1CCCC1c1ocnc1C(=O)O. The third-order valence-electron chi connectivity index (χ3n) is 2.62. The molecule has 1 atom stereocenters. The molecule has 0 saturated carbocycles. The molecule has 14 heavy (non-hydrogen) atoms. The predicted octanol–water partition coefficient (Wildman–Crippen LogP) is 1.14. The van der Waals surface area contributed by atoms with Gasteiger partial charge in [-0.05, 0) is 26.4 Å². The largest absolute Gasteiger partial charge is 0.476 e. The lowest BCUT2D eigenvalue weighted by atomic mass is 10.1. The van der Waals surface area contributed by atoms with E-state index < -0.39 is 5.97 Å². The quantitative estimate of drug-likeness (QED) is 0.768. The van der Waals surface area contributed by atoms with Crippen LogP contribution in [0.15, 0.2) is 10.8 Å². The molecule has 1 N–H and O–H groups in total. The van der Waals surface area contributed by atoms with Crippen LogP contribution in [0.25, 0.3) is 0 Å². The Morgan fingerprint density at radius 1 is 1.79 bits per heavy atom. The summed E-state index contributed by atoms with van der Waals surface area (Å²) in [5.41, 5.74) is 0.0451. The minimum absolute atomic E-state index is 0.0451. The van der Waals surface area contributed by atoms with Crippen molar-refractivity contribution in [2.45, 2.75) is 18.9 Å². The number of nitrogens with zero attached hydrogens (tertiary/aromatic N) is 2. The van der Waals surface area contributed by atoms with Gasteiger partial charge in [0, 0.05) is 0 Å². The number of carbonyl (C=O) groups is 1. The number of hydrogen-bond donors (Lipinski definition) is 1. The molecule has 1 unspecified atom stereocenters. The van der Waals surface area contributed by atoms with Crippen molar-refractivity contribution >= 4 is 5.97 Å². The first-order chi connectivity index (χ1) is 6.70. The highest BCUT2D eigenvalue weighted by Gasteiger charge is 2.30. The average molecular weight is 196 g/mol. The zero-order valence-corrected chi connectivity index (χ0v) is 7.93. The van der Waals surface area contributed by atoms with Crippen LogP contribution < -0.4 is 0 Å². The Morgan fingerprint density at radius 3 is 3.14 bits per heavy atom. The van der Waals surface area contributed by atoms with Gasteiger partial charge in [0.1, 0.15) is 0 Å². The molecule has 76 valence electrons. The monoisotopic (exact) mass is 196 g/mol. The fourth-order valence-corrected chi connectivity index (χ4v) is 1.89. The molecule has 5 heteroatoms. The van der Waals surface area contributed by atoms with Gasteiger partial charge in [0.25, 0.3) is 0 Å². The minimum atomic E-state index is -1.02. The highest BCUT2D eigenvalue weighted by Crippen LogP contribution is 2.31. The van der Waals surface area contributed by atoms with Crippen LogP contribution in [0.1, 0.15) is 35.1 Å². The molecule has 1 aliphatic heterocycles. The first-order valence-electron chi connectivity index (χ1n) is 4.57. The molecule has 2 heterocycles. The molecular formula is C9H12N2O3.